The molecule has 8 nitrogen and oxygen atoms in total. The number of rotatable bonds is 5. The summed E-state index contributed by atoms with van der Waals surface area (Å²) in [5.74, 6) is 0.974. The zero-order valence-electron chi connectivity index (χ0n) is 20.9. The summed E-state index contributed by atoms with van der Waals surface area (Å²) in [7, 11) is 0. The molecule has 1 aliphatic rings. The molecule has 36 heavy (non-hydrogen) atoms. The molecule has 4 aromatic rings. The summed E-state index contributed by atoms with van der Waals surface area (Å²) in [6.07, 6.45) is 3.53. The van der Waals surface area contributed by atoms with Crippen molar-refractivity contribution in [2.75, 3.05) is 5.32 Å². The van der Waals surface area contributed by atoms with Gasteiger partial charge in [0.1, 0.15) is 6.54 Å². The van der Waals surface area contributed by atoms with Crippen molar-refractivity contribution in [1.82, 2.24) is 19.2 Å². The highest BCUT2D eigenvalue weighted by Crippen LogP contribution is 2.38. The standard InChI is InChI=1S/C28H31N5O3/c1-18-4-10-23(11-5-18)29-24(34)17-32-19(2)16-25(35)33-27(32)30-26(31-33)22-8-6-20(7-9-22)21-12-14-28(3,36)15-13-21/h4-11,16,21,36H,12-15,17H2,1-3H3,(H,29,34). The monoisotopic (exact) mass is 485 g/mol. The quantitative estimate of drug-likeness (QED) is 0.441. The van der Waals surface area contributed by atoms with Crippen LogP contribution in [0.4, 0.5) is 5.69 Å². The Morgan fingerprint density at radius 3 is 2.42 bits per heavy atom. The van der Waals surface area contributed by atoms with Crippen LogP contribution < -0.4 is 10.9 Å². The minimum absolute atomic E-state index is 0.00597. The van der Waals surface area contributed by atoms with E-state index in [1.807, 2.05) is 50.2 Å². The van der Waals surface area contributed by atoms with Gasteiger partial charge in [-0.05, 0) is 70.1 Å². The van der Waals surface area contributed by atoms with E-state index in [0.717, 1.165) is 36.8 Å². The number of nitrogens with one attached hydrogen (secondary N) is 1. The Morgan fingerprint density at radius 2 is 1.75 bits per heavy atom. The lowest BCUT2D eigenvalue weighted by atomic mass is 9.77. The first kappa shape index (κ1) is 23.9. The largest absolute Gasteiger partial charge is 0.390 e. The second-order valence-electron chi connectivity index (χ2n) is 10.2. The van der Waals surface area contributed by atoms with Crippen LogP contribution in [-0.4, -0.2) is 35.8 Å². The van der Waals surface area contributed by atoms with Gasteiger partial charge in [-0.1, -0.05) is 42.0 Å². The van der Waals surface area contributed by atoms with Crippen LogP contribution in [-0.2, 0) is 11.3 Å². The number of aryl methyl sites for hydroxylation is 2. The van der Waals surface area contributed by atoms with Crippen LogP contribution in [0.1, 0.15) is 55.3 Å². The Labute approximate surface area is 209 Å². The fourth-order valence-electron chi connectivity index (χ4n) is 4.88. The molecule has 2 heterocycles. The van der Waals surface area contributed by atoms with Gasteiger partial charge in [-0.2, -0.15) is 9.50 Å². The number of hydrogen-bond donors (Lipinski definition) is 2. The van der Waals surface area contributed by atoms with Crippen molar-refractivity contribution in [2.45, 2.75) is 64.5 Å². The van der Waals surface area contributed by atoms with Crippen molar-refractivity contribution in [3.8, 4) is 11.4 Å². The number of benzene rings is 2. The predicted octanol–water partition coefficient (Wildman–Crippen LogP) is 4.22. The number of nitrogens with zero attached hydrogens (tertiary/aromatic N) is 4. The number of anilines is 1. The number of carbonyl (C=O) groups excluding carboxylic acids is 1. The smallest absolute Gasteiger partial charge is 0.275 e. The van der Waals surface area contributed by atoms with E-state index in [2.05, 4.69) is 27.5 Å². The Morgan fingerprint density at radius 1 is 1.08 bits per heavy atom. The highest BCUT2D eigenvalue weighted by Gasteiger charge is 2.29. The van der Waals surface area contributed by atoms with E-state index in [1.54, 1.807) is 11.5 Å². The van der Waals surface area contributed by atoms with E-state index in [-0.39, 0.29) is 18.0 Å². The van der Waals surface area contributed by atoms with Crippen LogP contribution in [0.25, 0.3) is 17.2 Å². The molecule has 186 valence electrons. The lowest BCUT2D eigenvalue weighted by molar-refractivity contribution is -0.116. The fraction of sp³-hybridized carbons (Fsp3) is 0.357. The lowest BCUT2D eigenvalue weighted by Gasteiger charge is -2.33. The van der Waals surface area contributed by atoms with Crippen LogP contribution in [0.5, 0.6) is 0 Å². The number of aromatic nitrogens is 4. The summed E-state index contributed by atoms with van der Waals surface area (Å²) in [6, 6.07) is 17.2. The minimum atomic E-state index is -0.558. The van der Waals surface area contributed by atoms with Crippen molar-refractivity contribution in [3.63, 3.8) is 0 Å². The average molecular weight is 486 g/mol. The van der Waals surface area contributed by atoms with Gasteiger partial charge in [0.15, 0.2) is 5.82 Å². The van der Waals surface area contributed by atoms with Crippen LogP contribution in [0, 0.1) is 13.8 Å². The molecule has 2 aromatic heterocycles. The molecule has 0 saturated heterocycles. The van der Waals surface area contributed by atoms with Gasteiger partial charge in [0, 0.05) is 23.0 Å². The molecule has 0 radical (unpaired) electrons. The first-order chi connectivity index (χ1) is 17.2. The molecule has 0 bridgehead atoms. The van der Waals surface area contributed by atoms with Gasteiger partial charge in [-0.25, -0.2) is 0 Å². The van der Waals surface area contributed by atoms with Crippen LogP contribution in [0.2, 0.25) is 0 Å². The molecule has 1 amide bonds. The SMILES string of the molecule is Cc1ccc(NC(=O)Cn2c(C)cc(=O)n3nc(-c4ccc(C5CCC(C)(O)CC5)cc4)nc23)cc1. The first-order valence-electron chi connectivity index (χ1n) is 12.3. The van der Waals surface area contributed by atoms with Gasteiger partial charge in [0.25, 0.3) is 5.56 Å². The van der Waals surface area contributed by atoms with Crippen LogP contribution in [0.15, 0.2) is 59.4 Å². The summed E-state index contributed by atoms with van der Waals surface area (Å²) in [6.45, 7) is 5.69. The Hall–Kier alpha value is -3.78. The third kappa shape index (κ3) is 4.95. The second-order valence-corrected chi connectivity index (χ2v) is 10.2. The molecule has 0 unspecified atom stereocenters. The summed E-state index contributed by atoms with van der Waals surface area (Å²) >= 11 is 0. The fourth-order valence-corrected chi connectivity index (χ4v) is 4.88. The molecule has 5 rings (SSSR count). The maximum atomic E-state index is 12.8. The van der Waals surface area contributed by atoms with E-state index < -0.39 is 5.60 Å². The Kier molecular flexibility index (Phi) is 6.22. The first-order valence-corrected chi connectivity index (χ1v) is 12.3. The number of fused-ring (bicyclic) bond motifs is 1. The van der Waals surface area contributed by atoms with E-state index >= 15 is 0 Å². The van der Waals surface area contributed by atoms with Gasteiger partial charge < -0.3 is 15.0 Å². The Bertz CT molecular complexity index is 1460. The van der Waals surface area contributed by atoms with Gasteiger partial charge in [-0.15, -0.1) is 5.10 Å². The molecule has 1 aliphatic carbocycles. The third-order valence-electron chi connectivity index (χ3n) is 7.14. The van der Waals surface area contributed by atoms with Gasteiger partial charge in [-0.3, -0.25) is 9.59 Å². The van der Waals surface area contributed by atoms with E-state index in [1.165, 1.54) is 16.1 Å². The highest BCUT2D eigenvalue weighted by molar-refractivity contribution is 5.90. The number of carbonyl (C=O) groups is 1. The molecular formula is C28H31N5O3. The van der Waals surface area contributed by atoms with E-state index in [0.29, 0.717) is 28.9 Å². The van der Waals surface area contributed by atoms with Crippen molar-refractivity contribution < 1.29 is 9.90 Å². The van der Waals surface area contributed by atoms with Crippen LogP contribution >= 0.6 is 0 Å². The van der Waals surface area contributed by atoms with Gasteiger partial charge >= 0.3 is 0 Å². The molecule has 1 saturated carbocycles. The average Bonchev–Trinajstić information content (AvgIpc) is 3.30. The molecule has 2 aromatic carbocycles. The Balaban J connectivity index is 1.39. The zero-order valence-corrected chi connectivity index (χ0v) is 20.9. The summed E-state index contributed by atoms with van der Waals surface area (Å²) < 4.78 is 2.95. The minimum Gasteiger partial charge on any atom is -0.390 e. The summed E-state index contributed by atoms with van der Waals surface area (Å²) in [4.78, 5) is 30.1. The molecule has 1 fully saturated rings. The number of amides is 1. The number of aliphatic hydroxyl groups is 1. The third-order valence-corrected chi connectivity index (χ3v) is 7.14. The van der Waals surface area contributed by atoms with Crippen molar-refractivity contribution >= 4 is 17.4 Å². The maximum Gasteiger partial charge on any atom is 0.275 e. The van der Waals surface area contributed by atoms with Crippen molar-refractivity contribution in [3.05, 3.63) is 81.8 Å². The molecule has 0 spiro atoms. The maximum absolute atomic E-state index is 12.8. The molecular weight excluding hydrogens is 454 g/mol. The predicted molar refractivity (Wildman–Crippen MR) is 139 cm³/mol. The van der Waals surface area contributed by atoms with Gasteiger partial charge in [0.05, 0.1) is 5.60 Å². The van der Waals surface area contributed by atoms with Crippen molar-refractivity contribution in [2.24, 2.45) is 0 Å². The van der Waals surface area contributed by atoms with Crippen molar-refractivity contribution in [1.29, 1.82) is 0 Å². The topological polar surface area (TPSA) is 102 Å². The van der Waals surface area contributed by atoms with Gasteiger partial charge in [0.2, 0.25) is 11.7 Å². The zero-order chi connectivity index (χ0) is 25.4. The molecule has 2 N–H and O–H groups in total. The molecule has 0 aliphatic heterocycles. The van der Waals surface area contributed by atoms with E-state index in [4.69, 9.17) is 0 Å². The van der Waals surface area contributed by atoms with Crippen LogP contribution in [0.3, 0.4) is 0 Å². The lowest BCUT2D eigenvalue weighted by Crippen LogP contribution is -2.29. The van der Waals surface area contributed by atoms with E-state index in [9.17, 15) is 14.7 Å². The highest BCUT2D eigenvalue weighted by atomic mass is 16.3. The molecule has 0 atom stereocenters. The number of hydrogen-bond acceptors (Lipinski definition) is 5. The molecule has 8 heteroatoms. The summed E-state index contributed by atoms with van der Waals surface area (Å²) in [5, 5.41) is 17.6. The summed E-state index contributed by atoms with van der Waals surface area (Å²) in [5.41, 5.74) is 3.65. The second kappa shape index (κ2) is 9.35. The normalized spacial score (nSPS) is 19.9.